The molecule has 0 bridgehead atoms. The van der Waals surface area contributed by atoms with Crippen molar-refractivity contribution in [2.75, 3.05) is 0 Å². The molecule has 3 heterocycles. The minimum atomic E-state index is -0.380. The average Bonchev–Trinajstić information content (AvgIpc) is 3.48. The maximum Gasteiger partial charge on any atom is 0.274 e. The Kier molecular flexibility index (Phi) is 4.39. The first-order chi connectivity index (χ1) is 14.2. The Morgan fingerprint density at radius 2 is 1.90 bits per heavy atom. The van der Waals surface area contributed by atoms with Gasteiger partial charge in [0.2, 0.25) is 0 Å². The van der Waals surface area contributed by atoms with Crippen LogP contribution in [0, 0.1) is 11.7 Å². The molecule has 2 unspecified atom stereocenters. The van der Waals surface area contributed by atoms with Gasteiger partial charge in [0.1, 0.15) is 23.4 Å². The van der Waals surface area contributed by atoms with E-state index in [0.717, 1.165) is 36.3 Å². The van der Waals surface area contributed by atoms with Gasteiger partial charge in [-0.1, -0.05) is 0 Å². The van der Waals surface area contributed by atoms with E-state index in [0.29, 0.717) is 11.3 Å². The van der Waals surface area contributed by atoms with Crippen molar-refractivity contribution >= 4 is 17.7 Å². The van der Waals surface area contributed by atoms with Crippen LogP contribution >= 0.6 is 0 Å². The van der Waals surface area contributed by atoms with Gasteiger partial charge in [0, 0.05) is 11.5 Å². The minimum absolute atomic E-state index is 0.0421. The zero-order valence-corrected chi connectivity index (χ0v) is 15.6. The highest BCUT2D eigenvalue weighted by Crippen LogP contribution is 2.45. The molecule has 2 aromatic heterocycles. The van der Waals surface area contributed by atoms with Crippen molar-refractivity contribution in [1.29, 1.82) is 0 Å². The molecule has 1 fully saturated rings. The van der Waals surface area contributed by atoms with E-state index in [9.17, 15) is 9.18 Å². The molecule has 1 aromatic carbocycles. The SMILES string of the molecule is O=C(c1ccc(F)cc1)N1N=C2C(=Cc3ccco3)CCCC2C1c1ccco1. The number of rotatable bonds is 3. The fraction of sp³-hybridized carbons (Fsp3) is 0.217. The molecule has 6 heteroatoms. The van der Waals surface area contributed by atoms with Crippen LogP contribution in [0.15, 0.2) is 80.6 Å². The number of benzene rings is 1. The third-order valence-electron chi connectivity index (χ3n) is 5.50. The number of nitrogens with zero attached hydrogens (tertiary/aromatic N) is 2. The molecule has 0 spiro atoms. The van der Waals surface area contributed by atoms with Crippen molar-refractivity contribution in [2.24, 2.45) is 11.0 Å². The zero-order valence-electron chi connectivity index (χ0n) is 15.6. The van der Waals surface area contributed by atoms with E-state index in [1.807, 2.05) is 30.3 Å². The van der Waals surface area contributed by atoms with Gasteiger partial charge in [-0.25, -0.2) is 9.40 Å². The van der Waals surface area contributed by atoms with E-state index < -0.39 is 0 Å². The third kappa shape index (κ3) is 3.20. The summed E-state index contributed by atoms with van der Waals surface area (Å²) in [6, 6.07) is 12.7. The summed E-state index contributed by atoms with van der Waals surface area (Å²) in [7, 11) is 0. The van der Waals surface area contributed by atoms with E-state index in [2.05, 4.69) is 0 Å². The fourth-order valence-electron chi connectivity index (χ4n) is 4.18. The second-order valence-corrected chi connectivity index (χ2v) is 7.29. The van der Waals surface area contributed by atoms with Gasteiger partial charge in [0.15, 0.2) is 0 Å². The van der Waals surface area contributed by atoms with Crippen molar-refractivity contribution < 1.29 is 18.0 Å². The maximum atomic E-state index is 13.3. The molecule has 0 radical (unpaired) electrons. The second-order valence-electron chi connectivity index (χ2n) is 7.29. The Morgan fingerprint density at radius 3 is 2.62 bits per heavy atom. The van der Waals surface area contributed by atoms with Crippen molar-refractivity contribution in [3.05, 3.63) is 89.5 Å². The molecule has 1 amide bonds. The van der Waals surface area contributed by atoms with Crippen LogP contribution < -0.4 is 0 Å². The summed E-state index contributed by atoms with van der Waals surface area (Å²) >= 11 is 0. The number of amides is 1. The van der Waals surface area contributed by atoms with Crippen molar-refractivity contribution in [3.8, 4) is 0 Å². The summed E-state index contributed by atoms with van der Waals surface area (Å²) in [6.07, 6.45) is 8.02. The Morgan fingerprint density at radius 1 is 1.10 bits per heavy atom. The average molecular weight is 390 g/mol. The van der Waals surface area contributed by atoms with Gasteiger partial charge in [0.05, 0.1) is 18.2 Å². The lowest BCUT2D eigenvalue weighted by Crippen LogP contribution is -2.31. The Bertz CT molecular complexity index is 1070. The van der Waals surface area contributed by atoms with Gasteiger partial charge in [-0.15, -0.1) is 0 Å². The Hall–Kier alpha value is -3.41. The van der Waals surface area contributed by atoms with Crippen LogP contribution in [-0.4, -0.2) is 16.6 Å². The highest BCUT2D eigenvalue weighted by molar-refractivity contribution is 6.09. The number of allylic oxidation sites excluding steroid dienone is 1. The van der Waals surface area contributed by atoms with E-state index >= 15 is 0 Å². The molecule has 1 saturated carbocycles. The van der Waals surface area contributed by atoms with Gasteiger partial charge in [-0.3, -0.25) is 4.79 Å². The van der Waals surface area contributed by atoms with Gasteiger partial charge >= 0.3 is 0 Å². The van der Waals surface area contributed by atoms with E-state index in [-0.39, 0.29) is 23.7 Å². The summed E-state index contributed by atoms with van der Waals surface area (Å²) < 4.78 is 24.5. The molecule has 29 heavy (non-hydrogen) atoms. The number of hydrogen-bond acceptors (Lipinski definition) is 4. The van der Waals surface area contributed by atoms with Crippen molar-refractivity contribution in [1.82, 2.24) is 5.01 Å². The van der Waals surface area contributed by atoms with Gasteiger partial charge in [0.25, 0.3) is 5.91 Å². The van der Waals surface area contributed by atoms with Crippen LogP contribution in [0.3, 0.4) is 0 Å². The van der Waals surface area contributed by atoms with Gasteiger partial charge in [-0.2, -0.15) is 5.10 Å². The molecular weight excluding hydrogens is 371 g/mol. The molecule has 5 rings (SSSR count). The van der Waals surface area contributed by atoms with Crippen LogP contribution in [0.1, 0.15) is 47.2 Å². The number of carbonyl (C=O) groups is 1. The van der Waals surface area contributed by atoms with Crippen LogP contribution in [0.4, 0.5) is 4.39 Å². The number of hydrazone groups is 1. The summed E-state index contributed by atoms with van der Waals surface area (Å²) in [4.78, 5) is 13.2. The molecule has 146 valence electrons. The summed E-state index contributed by atoms with van der Waals surface area (Å²) in [6.45, 7) is 0. The molecule has 1 aliphatic heterocycles. The molecule has 5 nitrogen and oxygen atoms in total. The molecule has 1 aliphatic carbocycles. The zero-order chi connectivity index (χ0) is 19.8. The molecular formula is C23H19FN2O3. The molecule has 0 saturated heterocycles. The van der Waals surface area contributed by atoms with Crippen LogP contribution in [0.5, 0.6) is 0 Å². The summed E-state index contributed by atoms with van der Waals surface area (Å²) in [5.74, 6) is 0.852. The normalized spacial score (nSPS) is 22.6. The lowest BCUT2D eigenvalue weighted by atomic mass is 9.79. The fourth-order valence-corrected chi connectivity index (χ4v) is 4.18. The molecule has 0 N–H and O–H groups in total. The first kappa shape index (κ1) is 17.7. The van der Waals surface area contributed by atoms with E-state index in [4.69, 9.17) is 13.9 Å². The summed E-state index contributed by atoms with van der Waals surface area (Å²) in [5.41, 5.74) is 2.36. The largest absolute Gasteiger partial charge is 0.467 e. The highest BCUT2D eigenvalue weighted by atomic mass is 19.1. The van der Waals surface area contributed by atoms with Gasteiger partial charge < -0.3 is 8.83 Å². The predicted molar refractivity (Wildman–Crippen MR) is 105 cm³/mol. The molecule has 2 aliphatic rings. The first-order valence-electron chi connectivity index (χ1n) is 9.66. The lowest BCUT2D eigenvalue weighted by molar-refractivity contribution is 0.0656. The van der Waals surface area contributed by atoms with Crippen LogP contribution in [0.2, 0.25) is 0 Å². The number of hydrogen-bond donors (Lipinski definition) is 0. The number of carbonyl (C=O) groups excluding carboxylic acids is 1. The topological polar surface area (TPSA) is 59.0 Å². The van der Waals surface area contributed by atoms with Crippen LogP contribution in [0.25, 0.3) is 6.08 Å². The Labute approximate surface area is 167 Å². The maximum absolute atomic E-state index is 13.3. The summed E-state index contributed by atoms with van der Waals surface area (Å²) in [5, 5.41) is 6.24. The first-order valence-corrected chi connectivity index (χ1v) is 9.66. The monoisotopic (exact) mass is 390 g/mol. The molecule has 2 atom stereocenters. The Balaban J connectivity index is 1.56. The van der Waals surface area contributed by atoms with Crippen molar-refractivity contribution in [2.45, 2.75) is 25.3 Å². The standard InChI is InChI=1S/C23H19FN2O3/c24-17-10-8-15(9-11-17)23(27)26-22(20-7-3-13-29-20)19-6-1-4-16(21(19)25-26)14-18-5-2-12-28-18/h2-3,5,7-14,19,22H,1,4,6H2. The number of furan rings is 2. The van der Waals surface area contributed by atoms with E-state index in [1.165, 1.54) is 29.3 Å². The third-order valence-corrected chi connectivity index (χ3v) is 5.50. The minimum Gasteiger partial charge on any atom is -0.467 e. The number of fused-ring (bicyclic) bond motifs is 1. The second kappa shape index (κ2) is 7.20. The molecule has 3 aromatic rings. The highest BCUT2D eigenvalue weighted by Gasteiger charge is 2.45. The van der Waals surface area contributed by atoms with E-state index in [1.54, 1.807) is 12.5 Å². The lowest BCUT2D eigenvalue weighted by Gasteiger charge is -2.27. The number of halogens is 1. The van der Waals surface area contributed by atoms with Crippen LogP contribution in [-0.2, 0) is 0 Å². The van der Waals surface area contributed by atoms with Crippen molar-refractivity contribution in [3.63, 3.8) is 0 Å². The quantitative estimate of drug-likeness (QED) is 0.598. The smallest absolute Gasteiger partial charge is 0.274 e. The predicted octanol–water partition coefficient (Wildman–Crippen LogP) is 5.45. The van der Waals surface area contributed by atoms with Gasteiger partial charge in [-0.05, 0) is 79.4 Å².